The highest BCUT2D eigenvalue weighted by Crippen LogP contribution is 2.37. The highest BCUT2D eigenvalue weighted by molar-refractivity contribution is 5.46. The first-order valence-corrected chi connectivity index (χ1v) is 8.02. The Bertz CT molecular complexity index is 742. The minimum atomic E-state index is 0.111. The Balaban J connectivity index is 2.21. The van der Waals surface area contributed by atoms with Gasteiger partial charge in [-0.2, -0.15) is 0 Å². The number of benzene rings is 2. The van der Waals surface area contributed by atoms with E-state index >= 15 is 0 Å². The minimum Gasteiger partial charge on any atom is -0.465 e. The van der Waals surface area contributed by atoms with Crippen molar-refractivity contribution in [2.75, 3.05) is 0 Å². The van der Waals surface area contributed by atoms with Crippen molar-refractivity contribution in [3.05, 3.63) is 107 Å². The van der Waals surface area contributed by atoms with Crippen molar-refractivity contribution in [3.8, 4) is 0 Å². The van der Waals surface area contributed by atoms with E-state index in [0.29, 0.717) is 0 Å². The minimum absolute atomic E-state index is 0.111. The second kappa shape index (κ2) is 6.70. The molecule has 0 unspecified atom stereocenters. The summed E-state index contributed by atoms with van der Waals surface area (Å²) < 4.78 is 6.22. The molecule has 0 fully saturated rings. The Morgan fingerprint density at radius 3 is 1.91 bits per heavy atom. The van der Waals surface area contributed by atoms with Crippen LogP contribution in [0.5, 0.6) is 0 Å². The van der Waals surface area contributed by atoms with Gasteiger partial charge in [-0.25, -0.2) is 0 Å². The zero-order chi connectivity index (χ0) is 16.2. The summed E-state index contributed by atoms with van der Waals surface area (Å²) in [6.45, 7) is 8.08. The summed E-state index contributed by atoms with van der Waals surface area (Å²) in [5.41, 5.74) is 4.99. The molecule has 0 atom stereocenters. The zero-order valence-electron chi connectivity index (χ0n) is 13.8. The second-order valence-corrected chi connectivity index (χ2v) is 5.87. The molecule has 116 valence electrons. The average molecular weight is 302 g/mol. The summed E-state index contributed by atoms with van der Waals surface area (Å²) in [5.74, 6) is 2.14. The van der Waals surface area contributed by atoms with Crippen molar-refractivity contribution < 1.29 is 4.42 Å². The molecule has 0 aliphatic heterocycles. The lowest BCUT2D eigenvalue weighted by Crippen LogP contribution is -2.05. The molecule has 0 N–H and O–H groups in total. The number of aryl methyl sites for hydroxylation is 1. The lowest BCUT2D eigenvalue weighted by Gasteiger charge is -2.17. The molecule has 0 aliphatic carbocycles. The smallest absolute Gasteiger partial charge is 0.119 e. The van der Waals surface area contributed by atoms with Gasteiger partial charge < -0.3 is 4.42 Å². The van der Waals surface area contributed by atoms with Crippen LogP contribution in [0.25, 0.3) is 0 Å². The predicted molar refractivity (Wildman–Crippen MR) is 95.9 cm³/mol. The molecule has 0 bridgehead atoms. The van der Waals surface area contributed by atoms with Crippen molar-refractivity contribution in [2.45, 2.75) is 26.2 Å². The van der Waals surface area contributed by atoms with E-state index in [-0.39, 0.29) is 5.92 Å². The van der Waals surface area contributed by atoms with Crippen LogP contribution in [-0.2, 0) is 6.42 Å². The summed E-state index contributed by atoms with van der Waals surface area (Å²) in [4.78, 5) is 0. The van der Waals surface area contributed by atoms with Crippen LogP contribution in [0.15, 0.2) is 77.7 Å². The molecule has 0 saturated carbocycles. The number of hydrogen-bond donors (Lipinski definition) is 0. The van der Waals surface area contributed by atoms with Gasteiger partial charge in [0.05, 0.1) is 5.92 Å². The van der Waals surface area contributed by atoms with Crippen LogP contribution in [0, 0.1) is 13.8 Å². The van der Waals surface area contributed by atoms with Crippen LogP contribution < -0.4 is 0 Å². The first-order valence-electron chi connectivity index (χ1n) is 8.02. The maximum Gasteiger partial charge on any atom is 0.119 e. The fourth-order valence-electron chi connectivity index (χ4n) is 3.12. The largest absolute Gasteiger partial charge is 0.465 e. The molecule has 1 heterocycles. The highest BCUT2D eigenvalue weighted by Gasteiger charge is 2.25. The van der Waals surface area contributed by atoms with E-state index < -0.39 is 0 Å². The molecule has 0 saturated heterocycles. The van der Waals surface area contributed by atoms with E-state index in [2.05, 4.69) is 74.2 Å². The number of allylic oxidation sites excluding steroid dienone is 1. The Labute approximate surface area is 138 Å². The van der Waals surface area contributed by atoms with E-state index in [4.69, 9.17) is 4.42 Å². The summed E-state index contributed by atoms with van der Waals surface area (Å²) in [6.07, 6.45) is 2.78. The zero-order valence-corrected chi connectivity index (χ0v) is 13.8. The van der Waals surface area contributed by atoms with Crippen molar-refractivity contribution >= 4 is 0 Å². The second-order valence-electron chi connectivity index (χ2n) is 5.87. The monoisotopic (exact) mass is 302 g/mol. The molecule has 0 amide bonds. The van der Waals surface area contributed by atoms with E-state index in [1.165, 1.54) is 22.3 Å². The molecule has 2 aromatic carbocycles. The maximum absolute atomic E-state index is 6.22. The topological polar surface area (TPSA) is 13.1 Å². The first-order chi connectivity index (χ1) is 11.2. The summed E-state index contributed by atoms with van der Waals surface area (Å²) in [7, 11) is 0. The lowest BCUT2D eigenvalue weighted by atomic mass is 9.86. The van der Waals surface area contributed by atoms with Gasteiger partial charge in [0.1, 0.15) is 11.5 Å². The Morgan fingerprint density at radius 2 is 1.43 bits per heavy atom. The van der Waals surface area contributed by atoms with Crippen LogP contribution in [0.3, 0.4) is 0 Å². The van der Waals surface area contributed by atoms with Crippen molar-refractivity contribution in [1.29, 1.82) is 0 Å². The van der Waals surface area contributed by atoms with Gasteiger partial charge in [0.25, 0.3) is 0 Å². The van der Waals surface area contributed by atoms with Gasteiger partial charge in [-0.15, -0.1) is 6.58 Å². The van der Waals surface area contributed by atoms with E-state index in [1.54, 1.807) is 0 Å². The average Bonchev–Trinajstić information content (AvgIpc) is 2.86. The fraction of sp³-hybridized carbons (Fsp3) is 0.182. The molecule has 3 aromatic rings. The quantitative estimate of drug-likeness (QED) is 0.542. The standard InChI is InChI=1S/C22H22O/c1-4-11-20-16(2)17(3)23-22(20)21(18-12-7-5-8-13-18)19-14-9-6-10-15-19/h4-10,12-15,21H,1,11H2,2-3H3. The van der Waals surface area contributed by atoms with Gasteiger partial charge in [0.15, 0.2) is 0 Å². The number of hydrogen-bond acceptors (Lipinski definition) is 1. The van der Waals surface area contributed by atoms with E-state index in [9.17, 15) is 0 Å². The Morgan fingerprint density at radius 1 is 0.913 bits per heavy atom. The SMILES string of the molecule is C=CCc1c(C(c2ccccc2)c2ccccc2)oc(C)c1C. The summed E-state index contributed by atoms with van der Waals surface area (Å²) >= 11 is 0. The maximum atomic E-state index is 6.22. The van der Waals surface area contributed by atoms with Gasteiger partial charge in [0, 0.05) is 5.56 Å². The predicted octanol–water partition coefficient (Wildman–Crippen LogP) is 5.81. The highest BCUT2D eigenvalue weighted by atomic mass is 16.3. The first kappa shape index (κ1) is 15.4. The molecule has 1 heteroatoms. The molecule has 23 heavy (non-hydrogen) atoms. The Hall–Kier alpha value is -2.54. The van der Waals surface area contributed by atoms with Gasteiger partial charge in [-0.1, -0.05) is 66.7 Å². The van der Waals surface area contributed by atoms with Gasteiger partial charge in [-0.05, 0) is 37.0 Å². The lowest BCUT2D eigenvalue weighted by molar-refractivity contribution is 0.473. The van der Waals surface area contributed by atoms with Gasteiger partial charge >= 0.3 is 0 Å². The summed E-state index contributed by atoms with van der Waals surface area (Å²) in [6, 6.07) is 21.1. The molecule has 0 spiro atoms. The van der Waals surface area contributed by atoms with Crippen LogP contribution in [-0.4, -0.2) is 0 Å². The molecule has 1 nitrogen and oxygen atoms in total. The van der Waals surface area contributed by atoms with Crippen LogP contribution in [0.1, 0.15) is 39.7 Å². The van der Waals surface area contributed by atoms with E-state index in [0.717, 1.165) is 17.9 Å². The molecular weight excluding hydrogens is 280 g/mol. The van der Waals surface area contributed by atoms with Crippen molar-refractivity contribution in [3.63, 3.8) is 0 Å². The molecule has 1 aromatic heterocycles. The Kier molecular flexibility index (Phi) is 4.47. The molecule has 0 aliphatic rings. The normalized spacial score (nSPS) is 10.9. The van der Waals surface area contributed by atoms with Crippen LogP contribution in [0.4, 0.5) is 0 Å². The van der Waals surface area contributed by atoms with Gasteiger partial charge in [-0.3, -0.25) is 0 Å². The summed E-state index contributed by atoms with van der Waals surface area (Å²) in [5, 5.41) is 0. The third-order valence-corrected chi connectivity index (χ3v) is 4.42. The molecular formula is C22H22O. The van der Waals surface area contributed by atoms with Crippen molar-refractivity contribution in [1.82, 2.24) is 0 Å². The molecule has 0 radical (unpaired) electrons. The molecule has 3 rings (SSSR count). The third-order valence-electron chi connectivity index (χ3n) is 4.42. The van der Waals surface area contributed by atoms with Crippen LogP contribution >= 0.6 is 0 Å². The van der Waals surface area contributed by atoms with Crippen LogP contribution in [0.2, 0.25) is 0 Å². The van der Waals surface area contributed by atoms with Crippen molar-refractivity contribution in [2.24, 2.45) is 0 Å². The third kappa shape index (κ3) is 3.00. The van der Waals surface area contributed by atoms with E-state index in [1.807, 2.05) is 13.0 Å². The number of furan rings is 1. The fourth-order valence-corrected chi connectivity index (χ4v) is 3.12. The van der Waals surface area contributed by atoms with Gasteiger partial charge in [0.2, 0.25) is 0 Å². The number of rotatable bonds is 5.